The van der Waals surface area contributed by atoms with Crippen molar-refractivity contribution in [3.05, 3.63) is 149 Å². The molecule has 1 aliphatic heterocycles. The molecule has 1 atom stereocenters. The Balaban J connectivity index is 1.54. The van der Waals surface area contributed by atoms with Crippen LogP contribution in [0.3, 0.4) is 0 Å². The Morgan fingerprint density at radius 1 is 1.06 bits per heavy atom. The summed E-state index contributed by atoms with van der Waals surface area (Å²) in [6, 6.07) is 22.8. The van der Waals surface area contributed by atoms with Crippen LogP contribution in [0, 0.1) is 10.1 Å². The van der Waals surface area contributed by atoms with E-state index in [-0.39, 0.29) is 23.4 Å². The number of ether oxygens (including phenoxy) is 1. The van der Waals surface area contributed by atoms with Gasteiger partial charge in [0.15, 0.2) is 9.96 Å². The number of hydrogen-bond acceptors (Lipinski definition) is 10. The molecule has 0 saturated carbocycles. The third-order valence-electron chi connectivity index (χ3n) is 7.51. The van der Waals surface area contributed by atoms with Crippen LogP contribution >= 0.6 is 23.1 Å². The third kappa shape index (κ3) is 6.56. The first kappa shape index (κ1) is 31.8. The largest absolute Gasteiger partial charge is 0.463 e. The van der Waals surface area contributed by atoms with Crippen LogP contribution < -0.4 is 14.9 Å². The van der Waals surface area contributed by atoms with Crippen molar-refractivity contribution in [2.24, 2.45) is 4.99 Å². The van der Waals surface area contributed by atoms with Crippen LogP contribution in [0.25, 0.3) is 11.8 Å². The minimum atomic E-state index is -0.817. The average molecular weight is 664 g/mol. The molecule has 5 aromatic rings. The SMILES string of the molecule is CCOC(=O)C1=C(c2ccccc2)N=c2s/c(=C/c3ccc(Sc4ncccn4)c([N+](=O)[O-])c3)c(=O)n2[C@H]1c1ccc(C(C)C)cc1. The van der Waals surface area contributed by atoms with Gasteiger partial charge in [-0.2, -0.15) is 0 Å². The maximum atomic E-state index is 14.2. The molecule has 236 valence electrons. The van der Waals surface area contributed by atoms with Gasteiger partial charge in [0.2, 0.25) is 0 Å². The van der Waals surface area contributed by atoms with Crippen LogP contribution in [0.5, 0.6) is 0 Å². The number of thiazole rings is 1. The highest BCUT2D eigenvalue weighted by Gasteiger charge is 2.35. The Bertz CT molecular complexity index is 2180. The summed E-state index contributed by atoms with van der Waals surface area (Å²) in [5.74, 6) is -0.270. The molecule has 0 amide bonds. The van der Waals surface area contributed by atoms with E-state index in [1.807, 2.05) is 54.6 Å². The van der Waals surface area contributed by atoms with Gasteiger partial charge in [0.1, 0.15) is 0 Å². The van der Waals surface area contributed by atoms with Gasteiger partial charge in [-0.1, -0.05) is 85.8 Å². The summed E-state index contributed by atoms with van der Waals surface area (Å²) in [5, 5.41) is 12.4. The predicted molar refractivity (Wildman–Crippen MR) is 181 cm³/mol. The van der Waals surface area contributed by atoms with E-state index in [9.17, 15) is 19.7 Å². The van der Waals surface area contributed by atoms with Crippen molar-refractivity contribution < 1.29 is 14.5 Å². The average Bonchev–Trinajstić information content (AvgIpc) is 3.39. The molecule has 3 aromatic carbocycles. The van der Waals surface area contributed by atoms with E-state index in [1.165, 1.54) is 10.6 Å². The van der Waals surface area contributed by atoms with Gasteiger partial charge >= 0.3 is 5.97 Å². The Morgan fingerprint density at radius 2 is 1.79 bits per heavy atom. The van der Waals surface area contributed by atoms with Crippen molar-refractivity contribution in [2.45, 2.75) is 42.8 Å². The molecule has 47 heavy (non-hydrogen) atoms. The molecule has 10 nitrogen and oxygen atoms in total. The highest BCUT2D eigenvalue weighted by Crippen LogP contribution is 2.36. The van der Waals surface area contributed by atoms with E-state index in [4.69, 9.17) is 9.73 Å². The maximum absolute atomic E-state index is 14.2. The fraction of sp³-hybridized carbons (Fsp3) is 0.171. The molecule has 0 aliphatic carbocycles. The van der Waals surface area contributed by atoms with E-state index in [0.717, 1.165) is 34.2 Å². The van der Waals surface area contributed by atoms with Crippen molar-refractivity contribution in [2.75, 3.05) is 6.61 Å². The van der Waals surface area contributed by atoms with Crippen molar-refractivity contribution in [3.63, 3.8) is 0 Å². The lowest BCUT2D eigenvalue weighted by molar-refractivity contribution is -0.387. The summed E-state index contributed by atoms with van der Waals surface area (Å²) in [4.78, 5) is 53.4. The molecule has 0 bridgehead atoms. The molecular weight excluding hydrogens is 635 g/mol. The fourth-order valence-corrected chi connectivity index (χ4v) is 7.06. The predicted octanol–water partition coefficient (Wildman–Crippen LogP) is 5.91. The van der Waals surface area contributed by atoms with E-state index in [2.05, 4.69) is 23.8 Å². The van der Waals surface area contributed by atoms with Crippen molar-refractivity contribution in [1.29, 1.82) is 0 Å². The minimum absolute atomic E-state index is 0.136. The lowest BCUT2D eigenvalue weighted by Crippen LogP contribution is -2.40. The standard InChI is InChI=1S/C35H29N5O5S2/c1-4-45-33(42)29-30(24-9-6-5-7-10-24)38-35-39(31(29)25-14-12-23(13-15-25)21(2)3)32(41)28(47-35)20-22-11-16-27(26(19-22)40(43)44)46-34-36-17-8-18-37-34/h5-21,31H,4H2,1-3H3/b28-20+/t31-/m0/s1. The molecule has 2 aromatic heterocycles. The van der Waals surface area contributed by atoms with E-state index >= 15 is 0 Å². The van der Waals surface area contributed by atoms with Gasteiger partial charge in [0, 0.05) is 24.0 Å². The van der Waals surface area contributed by atoms with Crippen LogP contribution in [0.15, 0.2) is 117 Å². The first-order chi connectivity index (χ1) is 22.7. The molecule has 1 aliphatic rings. The lowest BCUT2D eigenvalue weighted by Gasteiger charge is -2.26. The Morgan fingerprint density at radius 3 is 2.45 bits per heavy atom. The number of nitro groups is 1. The highest BCUT2D eigenvalue weighted by atomic mass is 32.2. The van der Waals surface area contributed by atoms with Crippen LogP contribution in [-0.2, 0) is 9.53 Å². The lowest BCUT2D eigenvalue weighted by atomic mass is 9.91. The number of carbonyl (C=O) groups is 1. The summed E-state index contributed by atoms with van der Waals surface area (Å²) < 4.78 is 7.37. The molecule has 0 radical (unpaired) electrons. The summed E-state index contributed by atoms with van der Waals surface area (Å²) in [5.41, 5.74) is 3.20. The van der Waals surface area contributed by atoms with Crippen molar-refractivity contribution >= 4 is 46.5 Å². The Kier molecular flexibility index (Phi) is 9.23. The Labute approximate surface area is 278 Å². The number of nitro benzene ring substituents is 1. The van der Waals surface area contributed by atoms with E-state index in [1.54, 1.807) is 43.6 Å². The zero-order chi connectivity index (χ0) is 33.1. The van der Waals surface area contributed by atoms with Crippen LogP contribution in [0.1, 0.15) is 55.0 Å². The molecule has 0 fully saturated rings. The van der Waals surface area contributed by atoms with Gasteiger partial charge in [-0.3, -0.25) is 19.5 Å². The molecule has 3 heterocycles. The number of carbonyl (C=O) groups excluding carboxylic acids is 1. The number of benzene rings is 3. The second-order valence-electron chi connectivity index (χ2n) is 10.9. The molecule has 12 heteroatoms. The second-order valence-corrected chi connectivity index (χ2v) is 12.9. The summed E-state index contributed by atoms with van der Waals surface area (Å²) in [6.07, 6.45) is 4.74. The summed E-state index contributed by atoms with van der Waals surface area (Å²) in [7, 11) is 0. The van der Waals surface area contributed by atoms with Crippen molar-refractivity contribution in [3.8, 4) is 0 Å². The summed E-state index contributed by atoms with van der Waals surface area (Å²) >= 11 is 2.24. The van der Waals surface area contributed by atoms with Crippen LogP contribution in [-0.4, -0.2) is 32.0 Å². The van der Waals surface area contributed by atoms with Gasteiger partial charge < -0.3 is 4.74 Å². The zero-order valence-electron chi connectivity index (χ0n) is 25.7. The molecule has 0 spiro atoms. The van der Waals surface area contributed by atoms with E-state index in [0.29, 0.717) is 42.1 Å². The molecular formula is C35H29N5O5S2. The second kappa shape index (κ2) is 13.7. The number of aromatic nitrogens is 3. The van der Waals surface area contributed by atoms with Crippen molar-refractivity contribution in [1.82, 2.24) is 14.5 Å². The Hall–Kier alpha value is -5.20. The van der Waals surface area contributed by atoms with Gasteiger partial charge in [-0.25, -0.2) is 19.8 Å². The normalized spacial score (nSPS) is 14.6. The fourth-order valence-electron chi connectivity index (χ4n) is 5.26. The number of rotatable bonds is 9. The highest BCUT2D eigenvalue weighted by molar-refractivity contribution is 7.99. The van der Waals surface area contributed by atoms with Gasteiger partial charge in [-0.05, 0) is 59.5 Å². The maximum Gasteiger partial charge on any atom is 0.338 e. The third-order valence-corrected chi connectivity index (χ3v) is 9.45. The van der Waals surface area contributed by atoms with Crippen LogP contribution in [0.2, 0.25) is 0 Å². The van der Waals surface area contributed by atoms with Crippen LogP contribution in [0.4, 0.5) is 5.69 Å². The summed E-state index contributed by atoms with van der Waals surface area (Å²) in [6.45, 7) is 6.08. The quantitative estimate of drug-likeness (QED) is 0.0824. The van der Waals surface area contributed by atoms with Gasteiger partial charge in [-0.15, -0.1) is 0 Å². The number of fused-ring (bicyclic) bond motifs is 1. The molecule has 0 unspecified atom stereocenters. The topological polar surface area (TPSA) is 130 Å². The number of esters is 1. The molecule has 6 rings (SSSR count). The van der Waals surface area contributed by atoms with Gasteiger partial charge in [0.05, 0.1) is 38.3 Å². The molecule has 0 N–H and O–H groups in total. The van der Waals surface area contributed by atoms with Gasteiger partial charge in [0.25, 0.3) is 11.2 Å². The van der Waals surface area contributed by atoms with E-state index < -0.39 is 16.9 Å². The first-order valence-corrected chi connectivity index (χ1v) is 16.5. The monoisotopic (exact) mass is 663 g/mol. The first-order valence-electron chi connectivity index (χ1n) is 14.9. The zero-order valence-corrected chi connectivity index (χ0v) is 27.3. The number of hydrogen-bond donors (Lipinski definition) is 0. The number of nitrogens with zero attached hydrogens (tertiary/aromatic N) is 5. The molecule has 0 saturated heterocycles. The smallest absolute Gasteiger partial charge is 0.338 e. The minimum Gasteiger partial charge on any atom is -0.463 e.